The van der Waals surface area contributed by atoms with Gasteiger partial charge in [-0.2, -0.15) is 13.2 Å². The van der Waals surface area contributed by atoms with Gasteiger partial charge in [-0.25, -0.2) is 4.39 Å². The highest BCUT2D eigenvalue weighted by Crippen LogP contribution is 2.31. The lowest BCUT2D eigenvalue weighted by molar-refractivity contribution is -0.137. The summed E-state index contributed by atoms with van der Waals surface area (Å²) in [6.07, 6.45) is -3.91. The number of alkyl halides is 3. The van der Waals surface area contributed by atoms with Gasteiger partial charge in [0.1, 0.15) is 5.82 Å². The predicted molar refractivity (Wildman–Crippen MR) is 58.2 cm³/mol. The predicted octanol–water partition coefficient (Wildman–Crippen LogP) is 2.99. The van der Waals surface area contributed by atoms with Gasteiger partial charge in [0.2, 0.25) is 0 Å². The van der Waals surface area contributed by atoms with Gasteiger partial charge in [-0.3, -0.25) is 0 Å². The van der Waals surface area contributed by atoms with Crippen molar-refractivity contribution in [3.8, 4) is 0 Å². The fraction of sp³-hybridized carbons (Fsp3) is 0.455. The highest BCUT2D eigenvalue weighted by Gasteiger charge is 2.31. The van der Waals surface area contributed by atoms with E-state index in [4.69, 9.17) is 5.73 Å². The summed E-state index contributed by atoms with van der Waals surface area (Å²) in [7, 11) is 0. The Morgan fingerprint density at radius 2 is 2.00 bits per heavy atom. The van der Waals surface area contributed by atoms with Gasteiger partial charge in [-0.05, 0) is 38.1 Å². The number of nitrogens with one attached hydrogen (secondary N) is 1. The summed E-state index contributed by atoms with van der Waals surface area (Å²) in [6, 6.07) is 2.33. The maximum Gasteiger partial charge on any atom is 0.416 e. The quantitative estimate of drug-likeness (QED) is 0.806. The Bertz CT molecular complexity index is 376. The number of nitrogens with two attached hydrogens (primary N) is 1. The molecule has 0 heterocycles. The van der Waals surface area contributed by atoms with Crippen LogP contribution in [0.25, 0.3) is 0 Å². The SMILES string of the molecule is CC(CCN)Nc1ccc(C(F)(F)F)cc1F. The van der Waals surface area contributed by atoms with E-state index in [9.17, 15) is 17.6 Å². The largest absolute Gasteiger partial charge is 0.416 e. The van der Waals surface area contributed by atoms with Crippen molar-refractivity contribution in [1.82, 2.24) is 0 Å². The molecule has 1 aromatic rings. The van der Waals surface area contributed by atoms with Crippen molar-refractivity contribution in [3.63, 3.8) is 0 Å². The Labute approximate surface area is 96.8 Å². The number of benzene rings is 1. The minimum atomic E-state index is -4.53. The smallest absolute Gasteiger partial charge is 0.380 e. The molecule has 0 bridgehead atoms. The normalized spacial score (nSPS) is 13.5. The second-order valence-electron chi connectivity index (χ2n) is 3.82. The first-order valence-electron chi connectivity index (χ1n) is 5.18. The van der Waals surface area contributed by atoms with Crippen LogP contribution in [0.4, 0.5) is 23.2 Å². The van der Waals surface area contributed by atoms with Gasteiger partial charge in [-0.1, -0.05) is 0 Å². The molecule has 0 aliphatic heterocycles. The number of halogens is 4. The Balaban J connectivity index is 2.83. The van der Waals surface area contributed by atoms with E-state index in [1.807, 2.05) is 0 Å². The van der Waals surface area contributed by atoms with Gasteiger partial charge in [0, 0.05) is 6.04 Å². The lowest BCUT2D eigenvalue weighted by Crippen LogP contribution is -2.20. The van der Waals surface area contributed by atoms with E-state index >= 15 is 0 Å². The van der Waals surface area contributed by atoms with Crippen LogP contribution in [0.1, 0.15) is 18.9 Å². The van der Waals surface area contributed by atoms with Gasteiger partial charge in [0.15, 0.2) is 0 Å². The van der Waals surface area contributed by atoms with Gasteiger partial charge in [0.25, 0.3) is 0 Å². The van der Waals surface area contributed by atoms with Crippen LogP contribution in [0.15, 0.2) is 18.2 Å². The van der Waals surface area contributed by atoms with Crippen molar-refractivity contribution in [2.24, 2.45) is 5.73 Å². The topological polar surface area (TPSA) is 38.0 Å². The summed E-state index contributed by atoms with van der Waals surface area (Å²) in [5.41, 5.74) is 4.38. The molecule has 1 rings (SSSR count). The van der Waals surface area contributed by atoms with E-state index in [0.29, 0.717) is 19.0 Å². The Hall–Kier alpha value is -1.30. The maximum absolute atomic E-state index is 13.4. The molecule has 0 saturated carbocycles. The third-order valence-corrected chi connectivity index (χ3v) is 2.30. The molecular weight excluding hydrogens is 236 g/mol. The van der Waals surface area contributed by atoms with Crippen molar-refractivity contribution in [2.45, 2.75) is 25.6 Å². The average molecular weight is 250 g/mol. The molecule has 0 radical (unpaired) electrons. The summed E-state index contributed by atoms with van der Waals surface area (Å²) < 4.78 is 50.2. The van der Waals surface area contributed by atoms with Crippen LogP contribution in [-0.4, -0.2) is 12.6 Å². The van der Waals surface area contributed by atoms with Crippen LogP contribution in [0.3, 0.4) is 0 Å². The third-order valence-electron chi connectivity index (χ3n) is 2.30. The van der Waals surface area contributed by atoms with Crippen LogP contribution < -0.4 is 11.1 Å². The maximum atomic E-state index is 13.4. The first-order valence-corrected chi connectivity index (χ1v) is 5.18. The highest BCUT2D eigenvalue weighted by molar-refractivity contribution is 5.47. The van der Waals surface area contributed by atoms with Crippen LogP contribution in [0.5, 0.6) is 0 Å². The molecule has 1 aromatic carbocycles. The van der Waals surface area contributed by atoms with Crippen molar-refractivity contribution in [1.29, 1.82) is 0 Å². The molecule has 0 spiro atoms. The zero-order chi connectivity index (χ0) is 13.1. The standard InChI is InChI=1S/C11H14F4N2/c1-7(4-5-16)17-10-3-2-8(6-9(10)12)11(13,14)15/h2-3,6-7,17H,4-5,16H2,1H3. The van der Waals surface area contributed by atoms with E-state index in [0.717, 1.165) is 12.1 Å². The Morgan fingerprint density at radius 1 is 1.35 bits per heavy atom. The number of hydrogen-bond donors (Lipinski definition) is 2. The van der Waals surface area contributed by atoms with E-state index in [2.05, 4.69) is 5.32 Å². The minimum absolute atomic E-state index is 0.0546. The lowest BCUT2D eigenvalue weighted by Gasteiger charge is -2.15. The van der Waals surface area contributed by atoms with Gasteiger partial charge in [-0.15, -0.1) is 0 Å². The van der Waals surface area contributed by atoms with Crippen molar-refractivity contribution < 1.29 is 17.6 Å². The van der Waals surface area contributed by atoms with E-state index in [1.165, 1.54) is 0 Å². The molecule has 0 amide bonds. The number of rotatable bonds is 4. The van der Waals surface area contributed by atoms with Crippen molar-refractivity contribution in [2.75, 3.05) is 11.9 Å². The van der Waals surface area contributed by atoms with Crippen molar-refractivity contribution >= 4 is 5.69 Å². The monoisotopic (exact) mass is 250 g/mol. The van der Waals surface area contributed by atoms with E-state index in [1.54, 1.807) is 6.92 Å². The molecule has 96 valence electrons. The summed E-state index contributed by atoms with van der Waals surface area (Å²) in [6.45, 7) is 2.21. The van der Waals surface area contributed by atoms with Gasteiger partial charge >= 0.3 is 6.18 Å². The summed E-state index contributed by atoms with van der Waals surface area (Å²) in [5, 5.41) is 2.77. The first-order chi connectivity index (χ1) is 7.84. The van der Waals surface area contributed by atoms with Crippen LogP contribution in [-0.2, 0) is 6.18 Å². The molecule has 0 aliphatic rings. The molecule has 2 nitrogen and oxygen atoms in total. The minimum Gasteiger partial charge on any atom is -0.380 e. The van der Waals surface area contributed by atoms with E-state index in [-0.39, 0.29) is 11.7 Å². The zero-order valence-electron chi connectivity index (χ0n) is 9.31. The highest BCUT2D eigenvalue weighted by atomic mass is 19.4. The summed E-state index contributed by atoms with van der Waals surface area (Å²) >= 11 is 0. The average Bonchev–Trinajstić information content (AvgIpc) is 2.20. The van der Waals surface area contributed by atoms with Crippen LogP contribution in [0, 0.1) is 5.82 Å². The molecule has 1 atom stereocenters. The number of hydrogen-bond acceptors (Lipinski definition) is 2. The molecule has 3 N–H and O–H groups in total. The van der Waals surface area contributed by atoms with Crippen molar-refractivity contribution in [3.05, 3.63) is 29.6 Å². The molecule has 0 aliphatic carbocycles. The second-order valence-corrected chi connectivity index (χ2v) is 3.82. The fourth-order valence-corrected chi connectivity index (χ4v) is 1.40. The van der Waals surface area contributed by atoms with E-state index < -0.39 is 17.6 Å². The molecule has 17 heavy (non-hydrogen) atoms. The van der Waals surface area contributed by atoms with Crippen LogP contribution >= 0.6 is 0 Å². The van der Waals surface area contributed by atoms with Crippen LogP contribution in [0.2, 0.25) is 0 Å². The van der Waals surface area contributed by atoms with Gasteiger partial charge in [0.05, 0.1) is 11.3 Å². The molecule has 0 saturated heterocycles. The Kier molecular flexibility index (Phi) is 4.34. The summed E-state index contributed by atoms with van der Waals surface area (Å²) in [4.78, 5) is 0. The third kappa shape index (κ3) is 3.89. The molecule has 6 heteroatoms. The zero-order valence-corrected chi connectivity index (χ0v) is 9.31. The fourth-order valence-electron chi connectivity index (χ4n) is 1.40. The summed E-state index contributed by atoms with van der Waals surface area (Å²) in [5.74, 6) is -0.913. The first kappa shape index (κ1) is 13.8. The molecule has 0 aromatic heterocycles. The molecule has 1 unspecified atom stereocenters. The molecule has 0 fully saturated rings. The number of anilines is 1. The molecular formula is C11H14F4N2. The lowest BCUT2D eigenvalue weighted by atomic mass is 10.1. The second kappa shape index (κ2) is 5.35. The Morgan fingerprint density at radius 3 is 2.47 bits per heavy atom. The van der Waals surface area contributed by atoms with Gasteiger partial charge < -0.3 is 11.1 Å².